The Bertz CT molecular complexity index is 528. The predicted molar refractivity (Wildman–Crippen MR) is 78.1 cm³/mol. The van der Waals surface area contributed by atoms with Crippen LogP contribution in [0, 0.1) is 6.92 Å². The number of hydrogen-bond acceptors (Lipinski definition) is 6. The second-order valence-electron chi connectivity index (χ2n) is 3.66. The minimum atomic E-state index is 0.624. The first-order valence-electron chi connectivity index (χ1n) is 5.60. The number of nitrogens with zero attached hydrogens (tertiary/aromatic N) is 3. The van der Waals surface area contributed by atoms with E-state index in [1.807, 2.05) is 19.2 Å². The molecule has 0 atom stereocenters. The molecule has 0 bridgehead atoms. The summed E-state index contributed by atoms with van der Waals surface area (Å²) in [4.78, 5) is 12.9. The van der Waals surface area contributed by atoms with Crippen LogP contribution in [0.3, 0.4) is 0 Å². The van der Waals surface area contributed by atoms with Gasteiger partial charge in [-0.25, -0.2) is 9.97 Å². The van der Waals surface area contributed by atoms with E-state index in [2.05, 4.69) is 41.5 Å². The molecule has 0 aromatic carbocycles. The Balaban J connectivity index is 2.05. The van der Waals surface area contributed by atoms with Gasteiger partial charge < -0.3 is 10.6 Å². The van der Waals surface area contributed by atoms with E-state index in [-0.39, 0.29) is 0 Å². The van der Waals surface area contributed by atoms with Crippen LogP contribution in [-0.4, -0.2) is 21.5 Å². The molecule has 0 aliphatic rings. The monoisotopic (exact) mass is 327 g/mol. The molecule has 2 N–H and O–H groups in total. The van der Waals surface area contributed by atoms with Crippen molar-refractivity contribution in [1.82, 2.24) is 15.0 Å². The lowest BCUT2D eigenvalue weighted by atomic mass is 10.5. The van der Waals surface area contributed by atoms with Gasteiger partial charge in [-0.3, -0.25) is 0 Å². The number of rotatable bonds is 5. The average molecular weight is 328 g/mol. The summed E-state index contributed by atoms with van der Waals surface area (Å²) < 4.78 is 0.845. The van der Waals surface area contributed by atoms with Gasteiger partial charge in [0.2, 0.25) is 5.95 Å². The summed E-state index contributed by atoms with van der Waals surface area (Å²) in [6.07, 6.45) is 1.74. The first-order valence-corrected chi connectivity index (χ1v) is 7.27. The number of aryl methyl sites for hydroxylation is 1. The third kappa shape index (κ3) is 3.39. The largest absolute Gasteiger partial charge is 0.362 e. The fraction of sp³-hybridized carbons (Fsp3) is 0.364. The molecule has 0 saturated carbocycles. The van der Waals surface area contributed by atoms with E-state index in [9.17, 15) is 0 Å². The van der Waals surface area contributed by atoms with Crippen molar-refractivity contribution >= 4 is 39.0 Å². The molecule has 96 valence electrons. The molecule has 0 aliphatic carbocycles. The highest BCUT2D eigenvalue weighted by atomic mass is 79.9. The second-order valence-corrected chi connectivity index (χ2v) is 5.45. The lowest BCUT2D eigenvalue weighted by Crippen LogP contribution is -2.07. The molecule has 5 nitrogen and oxygen atoms in total. The number of thiazole rings is 1. The van der Waals surface area contributed by atoms with Gasteiger partial charge in [-0.2, -0.15) is 4.98 Å². The van der Waals surface area contributed by atoms with E-state index in [0.29, 0.717) is 12.5 Å². The molecular weight excluding hydrogens is 314 g/mol. The van der Waals surface area contributed by atoms with Crippen molar-refractivity contribution in [3.05, 3.63) is 26.8 Å². The Morgan fingerprint density at radius 2 is 2.17 bits per heavy atom. The van der Waals surface area contributed by atoms with Gasteiger partial charge in [-0.1, -0.05) is 0 Å². The third-order valence-electron chi connectivity index (χ3n) is 2.15. The van der Waals surface area contributed by atoms with Crippen LogP contribution in [0.4, 0.5) is 11.8 Å². The van der Waals surface area contributed by atoms with Crippen LogP contribution >= 0.6 is 27.3 Å². The number of hydrogen-bond donors (Lipinski definition) is 2. The number of halogens is 1. The van der Waals surface area contributed by atoms with Crippen LogP contribution in [-0.2, 0) is 6.54 Å². The predicted octanol–water partition coefficient (Wildman–Crippen LogP) is 3.05. The molecule has 0 saturated heterocycles. The van der Waals surface area contributed by atoms with Crippen LogP contribution in [0.2, 0.25) is 0 Å². The zero-order chi connectivity index (χ0) is 13.0. The number of aromatic nitrogens is 3. The first-order chi connectivity index (χ1) is 8.69. The molecule has 0 radical (unpaired) electrons. The van der Waals surface area contributed by atoms with Gasteiger partial charge in [0.25, 0.3) is 0 Å². The summed E-state index contributed by atoms with van der Waals surface area (Å²) in [6, 6.07) is 0. The lowest BCUT2D eigenvalue weighted by molar-refractivity contribution is 1.03. The summed E-state index contributed by atoms with van der Waals surface area (Å²) in [7, 11) is 0. The zero-order valence-electron chi connectivity index (χ0n) is 10.2. The highest BCUT2D eigenvalue weighted by Gasteiger charge is 2.05. The van der Waals surface area contributed by atoms with Crippen molar-refractivity contribution in [2.24, 2.45) is 0 Å². The molecular formula is C11H14BrN5S. The molecule has 0 unspecified atom stereocenters. The van der Waals surface area contributed by atoms with Crippen LogP contribution in [0.25, 0.3) is 0 Å². The second kappa shape index (κ2) is 6.10. The molecule has 2 aromatic rings. The summed E-state index contributed by atoms with van der Waals surface area (Å²) in [5.41, 5.74) is 1.05. The Labute approximate surface area is 118 Å². The average Bonchev–Trinajstić information content (AvgIpc) is 2.76. The molecule has 18 heavy (non-hydrogen) atoms. The Hall–Kier alpha value is -1.21. The van der Waals surface area contributed by atoms with E-state index >= 15 is 0 Å². The van der Waals surface area contributed by atoms with Crippen molar-refractivity contribution in [3.63, 3.8) is 0 Å². The molecule has 0 aliphatic heterocycles. The lowest BCUT2D eigenvalue weighted by Gasteiger charge is -2.08. The van der Waals surface area contributed by atoms with E-state index in [4.69, 9.17) is 0 Å². The Kier molecular flexibility index (Phi) is 4.48. The number of nitrogens with one attached hydrogen (secondary N) is 2. The fourth-order valence-corrected chi connectivity index (χ4v) is 2.42. The normalized spacial score (nSPS) is 10.4. The van der Waals surface area contributed by atoms with Crippen molar-refractivity contribution in [1.29, 1.82) is 0 Å². The summed E-state index contributed by atoms with van der Waals surface area (Å²) in [5.74, 6) is 1.40. The van der Waals surface area contributed by atoms with Gasteiger partial charge in [0.15, 0.2) is 0 Å². The maximum Gasteiger partial charge on any atom is 0.224 e. The van der Waals surface area contributed by atoms with E-state index in [0.717, 1.165) is 27.5 Å². The van der Waals surface area contributed by atoms with Crippen molar-refractivity contribution in [2.75, 3.05) is 17.2 Å². The van der Waals surface area contributed by atoms with Crippen molar-refractivity contribution in [3.8, 4) is 0 Å². The topological polar surface area (TPSA) is 62.7 Å². The highest BCUT2D eigenvalue weighted by Crippen LogP contribution is 2.21. The first kappa shape index (κ1) is 13.2. The SMILES string of the molecule is CCNc1ncc(Br)c(NCc2nc(C)cs2)n1. The van der Waals surface area contributed by atoms with Crippen molar-refractivity contribution in [2.45, 2.75) is 20.4 Å². The summed E-state index contributed by atoms with van der Waals surface area (Å²) >= 11 is 5.07. The van der Waals surface area contributed by atoms with E-state index in [1.165, 1.54) is 0 Å². The van der Waals surface area contributed by atoms with Gasteiger partial charge >= 0.3 is 0 Å². The van der Waals surface area contributed by atoms with Crippen molar-refractivity contribution < 1.29 is 0 Å². The van der Waals surface area contributed by atoms with Gasteiger partial charge in [-0.15, -0.1) is 11.3 Å². The van der Waals surface area contributed by atoms with Crippen LogP contribution in [0.1, 0.15) is 17.6 Å². The standard InChI is InChI=1S/C11H14BrN5S/c1-3-13-11-15-4-8(12)10(17-11)14-5-9-16-7(2)6-18-9/h4,6H,3,5H2,1-2H3,(H2,13,14,15,17). The van der Waals surface area contributed by atoms with E-state index < -0.39 is 0 Å². The maximum atomic E-state index is 4.40. The molecule has 0 fully saturated rings. The van der Waals surface area contributed by atoms with Crippen LogP contribution in [0.15, 0.2) is 16.0 Å². The summed E-state index contributed by atoms with van der Waals surface area (Å²) in [5, 5.41) is 9.41. The van der Waals surface area contributed by atoms with E-state index in [1.54, 1.807) is 17.5 Å². The minimum Gasteiger partial charge on any atom is -0.362 e. The molecule has 2 rings (SSSR count). The maximum absolute atomic E-state index is 4.40. The molecule has 2 heterocycles. The minimum absolute atomic E-state index is 0.624. The fourth-order valence-electron chi connectivity index (χ4n) is 1.38. The van der Waals surface area contributed by atoms with Crippen LogP contribution in [0.5, 0.6) is 0 Å². The molecule has 2 aromatic heterocycles. The zero-order valence-corrected chi connectivity index (χ0v) is 12.6. The summed E-state index contributed by atoms with van der Waals surface area (Å²) in [6.45, 7) is 5.47. The third-order valence-corrected chi connectivity index (χ3v) is 3.70. The highest BCUT2D eigenvalue weighted by molar-refractivity contribution is 9.10. The molecule has 0 amide bonds. The Morgan fingerprint density at radius 1 is 1.33 bits per heavy atom. The Morgan fingerprint density at radius 3 is 2.83 bits per heavy atom. The number of anilines is 2. The quantitative estimate of drug-likeness (QED) is 0.883. The van der Waals surface area contributed by atoms with Gasteiger partial charge in [0.1, 0.15) is 10.8 Å². The molecule has 0 spiro atoms. The van der Waals surface area contributed by atoms with Gasteiger partial charge in [0, 0.05) is 23.8 Å². The molecule has 7 heteroatoms. The van der Waals surface area contributed by atoms with Crippen LogP contribution < -0.4 is 10.6 Å². The van der Waals surface area contributed by atoms with Gasteiger partial charge in [-0.05, 0) is 29.8 Å². The van der Waals surface area contributed by atoms with Gasteiger partial charge in [0.05, 0.1) is 11.0 Å². The smallest absolute Gasteiger partial charge is 0.224 e.